The van der Waals surface area contributed by atoms with Gasteiger partial charge in [-0.1, -0.05) is 11.6 Å². The Labute approximate surface area is 148 Å². The number of nitrogens with one attached hydrogen (secondary N) is 1. The molecule has 2 heterocycles. The molecule has 0 atom stereocenters. The van der Waals surface area contributed by atoms with E-state index in [0.717, 1.165) is 5.69 Å². The number of hydrogen-bond donors (Lipinski definition) is 1. The number of likely N-dealkylation sites (N-methyl/N-ethyl adjacent to an activating group) is 1. The molecule has 0 aliphatic carbocycles. The van der Waals surface area contributed by atoms with E-state index in [9.17, 15) is 9.59 Å². The summed E-state index contributed by atoms with van der Waals surface area (Å²) in [5.74, 6) is -0.523. The second-order valence-electron chi connectivity index (χ2n) is 5.32. The van der Waals surface area contributed by atoms with Crippen LogP contribution in [0.25, 0.3) is 5.69 Å². The minimum absolute atomic E-state index is 0.111. The Morgan fingerprint density at radius 2 is 2.20 bits per heavy atom. The molecule has 0 spiro atoms. The molecule has 3 rings (SSSR count). The number of furan rings is 1. The number of hydrogen-bond acceptors (Lipinski definition) is 4. The van der Waals surface area contributed by atoms with E-state index < -0.39 is 0 Å². The summed E-state index contributed by atoms with van der Waals surface area (Å²) in [6.45, 7) is -0.111. The van der Waals surface area contributed by atoms with Gasteiger partial charge in [-0.05, 0) is 30.3 Å². The number of imidazole rings is 1. The van der Waals surface area contributed by atoms with Crippen molar-refractivity contribution in [3.8, 4) is 5.69 Å². The molecule has 128 valence electrons. The Morgan fingerprint density at radius 3 is 2.84 bits per heavy atom. The van der Waals surface area contributed by atoms with Gasteiger partial charge in [-0.25, -0.2) is 4.98 Å². The molecule has 0 aliphatic rings. The van der Waals surface area contributed by atoms with Crippen molar-refractivity contribution in [3.63, 3.8) is 0 Å². The van der Waals surface area contributed by atoms with E-state index in [4.69, 9.17) is 16.0 Å². The first-order valence-electron chi connectivity index (χ1n) is 7.41. The highest BCUT2D eigenvalue weighted by Gasteiger charge is 2.17. The van der Waals surface area contributed by atoms with Gasteiger partial charge in [-0.3, -0.25) is 9.59 Å². The molecule has 0 fully saturated rings. The standard InChI is InChI=1S/C17H15ClN4O3/c1-21(17(24)15-3-2-8-25-15)10-16(23)20-12-4-5-14(13(18)9-12)22-7-6-19-11-22/h2-9,11H,10H2,1H3,(H,20,23). The number of halogens is 1. The molecule has 0 bridgehead atoms. The average molecular weight is 359 g/mol. The lowest BCUT2D eigenvalue weighted by Crippen LogP contribution is -2.34. The molecule has 2 aromatic heterocycles. The summed E-state index contributed by atoms with van der Waals surface area (Å²) in [4.78, 5) is 29.4. The van der Waals surface area contributed by atoms with Crippen molar-refractivity contribution in [3.05, 3.63) is 66.1 Å². The molecule has 2 amide bonds. The topological polar surface area (TPSA) is 80.4 Å². The lowest BCUT2D eigenvalue weighted by atomic mass is 10.2. The quantitative estimate of drug-likeness (QED) is 0.760. The fourth-order valence-corrected chi connectivity index (χ4v) is 2.55. The Morgan fingerprint density at radius 1 is 1.36 bits per heavy atom. The normalized spacial score (nSPS) is 10.5. The molecule has 1 aromatic carbocycles. The highest BCUT2D eigenvalue weighted by Crippen LogP contribution is 2.24. The summed E-state index contributed by atoms with van der Waals surface area (Å²) in [6.07, 6.45) is 6.46. The van der Waals surface area contributed by atoms with Crippen LogP contribution in [-0.2, 0) is 4.79 Å². The molecule has 25 heavy (non-hydrogen) atoms. The lowest BCUT2D eigenvalue weighted by molar-refractivity contribution is -0.116. The summed E-state index contributed by atoms with van der Waals surface area (Å²) in [7, 11) is 1.53. The predicted molar refractivity (Wildman–Crippen MR) is 92.9 cm³/mol. The number of amides is 2. The molecule has 0 saturated carbocycles. The molecule has 7 nitrogen and oxygen atoms in total. The zero-order valence-corrected chi connectivity index (χ0v) is 14.1. The first kappa shape index (κ1) is 16.8. The van der Waals surface area contributed by atoms with Gasteiger partial charge in [0.2, 0.25) is 5.91 Å². The molecule has 0 radical (unpaired) electrons. The van der Waals surface area contributed by atoms with Crippen LogP contribution < -0.4 is 5.32 Å². The summed E-state index contributed by atoms with van der Waals surface area (Å²) in [5.41, 5.74) is 1.29. The summed E-state index contributed by atoms with van der Waals surface area (Å²) < 4.78 is 6.80. The van der Waals surface area contributed by atoms with Gasteiger partial charge in [0.1, 0.15) is 0 Å². The van der Waals surface area contributed by atoms with Crippen LogP contribution in [0, 0.1) is 0 Å². The van der Waals surface area contributed by atoms with Gasteiger partial charge in [-0.2, -0.15) is 0 Å². The second-order valence-corrected chi connectivity index (χ2v) is 5.73. The maximum Gasteiger partial charge on any atom is 0.289 e. The molecule has 1 N–H and O–H groups in total. The molecule has 0 unspecified atom stereocenters. The third-order valence-corrected chi connectivity index (χ3v) is 3.78. The fourth-order valence-electron chi connectivity index (χ4n) is 2.27. The monoisotopic (exact) mass is 358 g/mol. The van der Waals surface area contributed by atoms with Crippen molar-refractivity contribution in [2.75, 3.05) is 18.9 Å². The predicted octanol–water partition coefficient (Wildman–Crippen LogP) is 2.83. The fraction of sp³-hybridized carbons (Fsp3) is 0.118. The largest absolute Gasteiger partial charge is 0.459 e. The number of rotatable bonds is 5. The molecule has 0 saturated heterocycles. The minimum atomic E-state index is -0.367. The third kappa shape index (κ3) is 3.89. The van der Waals surface area contributed by atoms with Gasteiger partial charge in [0.25, 0.3) is 5.91 Å². The molecule has 3 aromatic rings. The van der Waals surface area contributed by atoms with Gasteiger partial charge in [0.05, 0.1) is 29.8 Å². The first-order chi connectivity index (χ1) is 12.0. The van der Waals surface area contributed by atoms with Gasteiger partial charge in [0.15, 0.2) is 5.76 Å². The van der Waals surface area contributed by atoms with E-state index in [2.05, 4.69) is 10.3 Å². The van der Waals surface area contributed by atoms with Crippen LogP contribution in [-0.4, -0.2) is 39.9 Å². The van der Waals surface area contributed by atoms with Crippen molar-refractivity contribution in [1.29, 1.82) is 0 Å². The van der Waals surface area contributed by atoms with Crippen LogP contribution in [0.2, 0.25) is 5.02 Å². The lowest BCUT2D eigenvalue weighted by Gasteiger charge is -2.15. The van der Waals surface area contributed by atoms with Gasteiger partial charge >= 0.3 is 0 Å². The van der Waals surface area contributed by atoms with Crippen LogP contribution >= 0.6 is 11.6 Å². The van der Waals surface area contributed by atoms with Crippen LogP contribution in [0.5, 0.6) is 0 Å². The Bertz CT molecular complexity index is 875. The average Bonchev–Trinajstić information content (AvgIpc) is 3.27. The minimum Gasteiger partial charge on any atom is -0.459 e. The van der Waals surface area contributed by atoms with Crippen molar-refractivity contribution in [2.45, 2.75) is 0 Å². The molecular formula is C17H15ClN4O3. The van der Waals surface area contributed by atoms with Crippen molar-refractivity contribution < 1.29 is 14.0 Å². The van der Waals surface area contributed by atoms with Gasteiger partial charge < -0.3 is 19.2 Å². The number of nitrogens with zero attached hydrogens (tertiary/aromatic N) is 3. The number of anilines is 1. The highest BCUT2D eigenvalue weighted by atomic mass is 35.5. The smallest absolute Gasteiger partial charge is 0.289 e. The van der Waals surface area contributed by atoms with E-state index in [1.54, 1.807) is 53.6 Å². The van der Waals surface area contributed by atoms with Crippen LogP contribution in [0.4, 0.5) is 5.69 Å². The van der Waals surface area contributed by atoms with Gasteiger partial charge in [-0.15, -0.1) is 0 Å². The Hall–Kier alpha value is -3.06. The number of aromatic nitrogens is 2. The maximum absolute atomic E-state index is 12.1. The van der Waals surface area contributed by atoms with E-state index in [1.165, 1.54) is 18.2 Å². The van der Waals surface area contributed by atoms with Crippen molar-refractivity contribution >= 4 is 29.1 Å². The molecular weight excluding hydrogens is 344 g/mol. The van der Waals surface area contributed by atoms with Crippen molar-refractivity contribution in [2.24, 2.45) is 0 Å². The van der Waals surface area contributed by atoms with E-state index in [-0.39, 0.29) is 24.1 Å². The summed E-state index contributed by atoms with van der Waals surface area (Å²) in [6, 6.07) is 8.31. The van der Waals surface area contributed by atoms with E-state index in [0.29, 0.717) is 10.7 Å². The maximum atomic E-state index is 12.1. The number of benzene rings is 1. The van der Waals surface area contributed by atoms with Crippen LogP contribution in [0.1, 0.15) is 10.6 Å². The highest BCUT2D eigenvalue weighted by molar-refractivity contribution is 6.32. The molecule has 8 heteroatoms. The van der Waals surface area contributed by atoms with E-state index in [1.807, 2.05) is 0 Å². The number of carbonyl (C=O) groups is 2. The number of carbonyl (C=O) groups excluding carboxylic acids is 2. The SMILES string of the molecule is CN(CC(=O)Nc1ccc(-n2ccnc2)c(Cl)c1)C(=O)c1ccco1. The summed E-state index contributed by atoms with van der Waals surface area (Å²) >= 11 is 6.25. The zero-order valence-electron chi connectivity index (χ0n) is 13.3. The third-order valence-electron chi connectivity index (χ3n) is 3.47. The molecule has 0 aliphatic heterocycles. The Balaban J connectivity index is 1.63. The second kappa shape index (κ2) is 7.23. The van der Waals surface area contributed by atoms with Crippen LogP contribution in [0.3, 0.4) is 0 Å². The Kier molecular flexibility index (Phi) is 4.85. The van der Waals surface area contributed by atoms with Gasteiger partial charge in [0, 0.05) is 25.1 Å². The first-order valence-corrected chi connectivity index (χ1v) is 7.79. The van der Waals surface area contributed by atoms with E-state index >= 15 is 0 Å². The van der Waals surface area contributed by atoms with Crippen LogP contribution in [0.15, 0.2) is 59.7 Å². The van der Waals surface area contributed by atoms with Crippen molar-refractivity contribution in [1.82, 2.24) is 14.5 Å². The summed E-state index contributed by atoms with van der Waals surface area (Å²) in [5, 5.41) is 3.18. The zero-order chi connectivity index (χ0) is 17.8.